The molecule has 1 atom stereocenters. The predicted molar refractivity (Wildman–Crippen MR) is 134 cm³/mol. The number of hydrazine groups is 1. The Morgan fingerprint density at radius 3 is 2.19 bits per heavy atom. The molecule has 0 bridgehead atoms. The third-order valence-corrected chi connectivity index (χ3v) is 6.19. The van der Waals surface area contributed by atoms with Crippen molar-refractivity contribution in [2.24, 2.45) is 0 Å². The second kappa shape index (κ2) is 10.9. The molecule has 1 saturated heterocycles. The van der Waals surface area contributed by atoms with Gasteiger partial charge in [-0.25, -0.2) is 0 Å². The zero-order valence-corrected chi connectivity index (χ0v) is 19.7. The van der Waals surface area contributed by atoms with Crippen molar-refractivity contribution < 1.29 is 9.59 Å². The van der Waals surface area contributed by atoms with E-state index < -0.39 is 6.04 Å². The number of amides is 2. The van der Waals surface area contributed by atoms with Gasteiger partial charge >= 0.3 is 0 Å². The van der Waals surface area contributed by atoms with Crippen LogP contribution in [0.2, 0.25) is 0 Å². The Labute approximate surface area is 209 Å². The summed E-state index contributed by atoms with van der Waals surface area (Å²) in [5, 5.41) is 12.6. The second-order valence-electron chi connectivity index (χ2n) is 8.71. The number of likely N-dealkylation sites (tertiary alicyclic amines) is 1. The molecule has 5 rings (SSSR count). The molecule has 36 heavy (non-hydrogen) atoms. The van der Waals surface area contributed by atoms with Gasteiger partial charge in [0.25, 0.3) is 11.8 Å². The first-order valence-corrected chi connectivity index (χ1v) is 12.0. The molecule has 0 spiro atoms. The molecule has 1 aliphatic rings. The van der Waals surface area contributed by atoms with Crippen LogP contribution in [0.3, 0.4) is 0 Å². The number of nitrogens with zero attached hydrogens (tertiary/aromatic N) is 5. The molecule has 1 aromatic heterocycles. The molecule has 1 aliphatic heterocycles. The first-order chi connectivity index (χ1) is 17.7. The molecule has 4 aromatic rings. The minimum atomic E-state index is -0.438. The average molecular weight is 482 g/mol. The van der Waals surface area contributed by atoms with Crippen molar-refractivity contribution in [1.82, 2.24) is 36.0 Å². The summed E-state index contributed by atoms with van der Waals surface area (Å²) < 4.78 is 0. The van der Waals surface area contributed by atoms with Crippen molar-refractivity contribution in [3.63, 3.8) is 0 Å². The topological polar surface area (TPSA) is 105 Å². The molecule has 9 heteroatoms. The summed E-state index contributed by atoms with van der Waals surface area (Å²) in [4.78, 5) is 29.4. The van der Waals surface area contributed by atoms with Crippen molar-refractivity contribution in [2.45, 2.75) is 25.4 Å². The number of hydrogen-bond acceptors (Lipinski definition) is 6. The minimum absolute atomic E-state index is 0.250. The number of carbonyl (C=O) groups is 2. The Kier molecular flexibility index (Phi) is 7.09. The summed E-state index contributed by atoms with van der Waals surface area (Å²) in [5.41, 5.74) is 8.34. The monoisotopic (exact) mass is 481 g/mol. The number of hydrogen-bond donors (Lipinski definition) is 2. The lowest BCUT2D eigenvalue weighted by atomic mass is 10.1. The highest BCUT2D eigenvalue weighted by molar-refractivity contribution is 5.96. The average Bonchev–Trinajstić information content (AvgIpc) is 3.62. The molecule has 2 N–H and O–H groups in total. The molecule has 9 nitrogen and oxygen atoms in total. The lowest BCUT2D eigenvalue weighted by Crippen LogP contribution is -2.47. The first-order valence-electron chi connectivity index (χ1n) is 12.0. The van der Waals surface area contributed by atoms with Gasteiger partial charge in [0.1, 0.15) is 6.04 Å². The number of nitrogens with one attached hydrogen (secondary N) is 2. The summed E-state index contributed by atoms with van der Waals surface area (Å²) in [6, 6.07) is 25.9. The lowest BCUT2D eigenvalue weighted by Gasteiger charge is -2.26. The molecule has 1 fully saturated rings. The zero-order valence-electron chi connectivity index (χ0n) is 19.7. The summed E-state index contributed by atoms with van der Waals surface area (Å²) in [6.07, 6.45) is 2.13. The molecule has 182 valence electrons. The van der Waals surface area contributed by atoms with E-state index in [1.54, 1.807) is 12.1 Å². The van der Waals surface area contributed by atoms with Gasteiger partial charge < -0.3 is 0 Å². The van der Waals surface area contributed by atoms with E-state index in [1.165, 1.54) is 4.80 Å². The van der Waals surface area contributed by atoms with Crippen LogP contribution >= 0.6 is 0 Å². The largest absolute Gasteiger partial charge is 0.288 e. The summed E-state index contributed by atoms with van der Waals surface area (Å²) in [6.45, 7) is 2.14. The van der Waals surface area contributed by atoms with Crippen molar-refractivity contribution in [1.29, 1.82) is 0 Å². The van der Waals surface area contributed by atoms with E-state index in [2.05, 4.69) is 31.2 Å². The van der Waals surface area contributed by atoms with Crippen LogP contribution in [0.5, 0.6) is 0 Å². The van der Waals surface area contributed by atoms with Crippen molar-refractivity contribution in [3.8, 4) is 11.4 Å². The van der Waals surface area contributed by atoms with E-state index in [0.717, 1.165) is 42.6 Å². The van der Waals surface area contributed by atoms with Gasteiger partial charge in [-0.05, 0) is 54.4 Å². The van der Waals surface area contributed by atoms with Crippen LogP contribution in [0.25, 0.3) is 11.4 Å². The van der Waals surface area contributed by atoms with Gasteiger partial charge in [0, 0.05) is 11.1 Å². The standard InChI is InChI=1S/C27H27N7O2/c35-26(29-30-27(36)24(33-17-7-8-18-33)21-9-3-1-4-10-21)23-15-13-20(14-16-23)19-34-31-25(28-32-34)22-11-5-2-6-12-22/h1-6,9-16,24H,7-8,17-19H2,(H,29,35)(H,30,36)/t24-/m1/s1. The highest BCUT2D eigenvalue weighted by atomic mass is 16.2. The molecule has 0 saturated carbocycles. The molecule has 2 amide bonds. The lowest BCUT2D eigenvalue weighted by molar-refractivity contribution is -0.127. The number of aromatic nitrogens is 4. The van der Waals surface area contributed by atoms with Crippen LogP contribution in [0.1, 0.15) is 40.4 Å². The van der Waals surface area contributed by atoms with E-state index >= 15 is 0 Å². The molecule has 0 aliphatic carbocycles. The molecule has 2 heterocycles. The number of carbonyl (C=O) groups excluding carboxylic acids is 2. The van der Waals surface area contributed by atoms with Gasteiger partial charge in [-0.3, -0.25) is 25.3 Å². The molecule has 3 aromatic carbocycles. The van der Waals surface area contributed by atoms with Crippen LogP contribution in [0, 0.1) is 0 Å². The fourth-order valence-corrected chi connectivity index (χ4v) is 4.36. The Morgan fingerprint density at radius 2 is 1.50 bits per heavy atom. The third-order valence-electron chi connectivity index (χ3n) is 6.19. The van der Waals surface area contributed by atoms with Crippen LogP contribution in [-0.4, -0.2) is 50.0 Å². The Hall–Kier alpha value is -4.37. The highest BCUT2D eigenvalue weighted by Gasteiger charge is 2.29. The fourth-order valence-electron chi connectivity index (χ4n) is 4.36. The summed E-state index contributed by atoms with van der Waals surface area (Å²) in [5.74, 6) is -0.0713. The van der Waals surface area contributed by atoms with Gasteiger partial charge in [-0.15, -0.1) is 10.2 Å². The van der Waals surface area contributed by atoms with Crippen LogP contribution in [-0.2, 0) is 11.3 Å². The smallest absolute Gasteiger partial charge is 0.269 e. The maximum atomic E-state index is 13.0. The summed E-state index contributed by atoms with van der Waals surface area (Å²) in [7, 11) is 0. The quantitative estimate of drug-likeness (QED) is 0.393. The molecular weight excluding hydrogens is 454 g/mol. The van der Waals surface area contributed by atoms with E-state index in [9.17, 15) is 9.59 Å². The Balaban J connectivity index is 1.18. The van der Waals surface area contributed by atoms with Gasteiger partial charge in [-0.2, -0.15) is 4.80 Å². The van der Waals surface area contributed by atoms with Gasteiger partial charge in [-0.1, -0.05) is 72.8 Å². The van der Waals surface area contributed by atoms with Crippen molar-refractivity contribution in [3.05, 3.63) is 102 Å². The molecular formula is C27H27N7O2. The highest BCUT2D eigenvalue weighted by Crippen LogP contribution is 2.25. The Morgan fingerprint density at radius 1 is 0.833 bits per heavy atom. The number of tetrazole rings is 1. The number of benzene rings is 3. The van der Waals surface area contributed by atoms with Gasteiger partial charge in [0.05, 0.1) is 6.54 Å². The van der Waals surface area contributed by atoms with E-state index in [-0.39, 0.29) is 11.8 Å². The molecule has 0 radical (unpaired) electrons. The fraction of sp³-hybridized carbons (Fsp3) is 0.222. The van der Waals surface area contributed by atoms with Crippen molar-refractivity contribution in [2.75, 3.05) is 13.1 Å². The molecule has 0 unspecified atom stereocenters. The van der Waals surface area contributed by atoms with E-state index in [0.29, 0.717) is 17.9 Å². The van der Waals surface area contributed by atoms with E-state index in [1.807, 2.05) is 72.8 Å². The Bertz CT molecular complexity index is 1300. The normalized spacial score (nSPS) is 14.3. The number of rotatable bonds is 7. The van der Waals surface area contributed by atoms with Crippen LogP contribution in [0.4, 0.5) is 0 Å². The first kappa shape index (κ1) is 23.4. The maximum Gasteiger partial charge on any atom is 0.269 e. The van der Waals surface area contributed by atoms with Gasteiger partial charge in [0.2, 0.25) is 5.82 Å². The van der Waals surface area contributed by atoms with E-state index in [4.69, 9.17) is 0 Å². The maximum absolute atomic E-state index is 13.0. The van der Waals surface area contributed by atoms with Crippen LogP contribution in [0.15, 0.2) is 84.9 Å². The van der Waals surface area contributed by atoms with Gasteiger partial charge in [0.15, 0.2) is 0 Å². The minimum Gasteiger partial charge on any atom is -0.288 e. The van der Waals surface area contributed by atoms with Crippen molar-refractivity contribution >= 4 is 11.8 Å². The van der Waals surface area contributed by atoms with Crippen LogP contribution < -0.4 is 10.9 Å². The predicted octanol–water partition coefficient (Wildman–Crippen LogP) is 2.99. The second-order valence-corrected chi connectivity index (χ2v) is 8.71. The third kappa shape index (κ3) is 5.47. The zero-order chi connectivity index (χ0) is 24.7. The SMILES string of the molecule is O=C(NNC(=O)[C@@H](c1ccccc1)N1CCCC1)c1ccc(Cn2nnc(-c3ccccc3)n2)cc1. The summed E-state index contributed by atoms with van der Waals surface area (Å²) >= 11 is 0.